The molecule has 1 rings (SSSR count). The number of halogens is 1. The zero-order valence-corrected chi connectivity index (χ0v) is 13.3. The number of nitrogens with one attached hydrogen (secondary N) is 1. The second-order valence-corrected chi connectivity index (χ2v) is 7.95. The Labute approximate surface area is 120 Å². The zero-order chi connectivity index (χ0) is 14.8. The predicted octanol–water partition coefficient (Wildman–Crippen LogP) is 2.88. The van der Waals surface area contributed by atoms with Crippen molar-refractivity contribution in [2.24, 2.45) is 11.3 Å². The molecule has 1 atom stereocenters. The number of sulfonamides is 1. The number of hydrogen-bond acceptors (Lipinski definition) is 3. The second-order valence-electron chi connectivity index (χ2n) is 5.81. The van der Waals surface area contributed by atoms with Crippen LogP contribution in [-0.4, -0.2) is 15.0 Å². The first-order valence-electron chi connectivity index (χ1n) is 6.09. The fourth-order valence-corrected chi connectivity index (χ4v) is 3.04. The maximum atomic E-state index is 12.2. The van der Waals surface area contributed by atoms with Crippen molar-refractivity contribution < 1.29 is 8.42 Å². The molecule has 108 valence electrons. The van der Waals surface area contributed by atoms with E-state index in [-0.39, 0.29) is 21.3 Å². The fourth-order valence-electron chi connectivity index (χ4n) is 1.35. The average molecular weight is 305 g/mol. The summed E-state index contributed by atoms with van der Waals surface area (Å²) in [5.41, 5.74) is 6.02. The molecule has 0 aliphatic heterocycles. The summed E-state index contributed by atoms with van der Waals surface area (Å²) >= 11 is 5.92. The minimum atomic E-state index is -3.60. The molecule has 0 spiro atoms. The van der Waals surface area contributed by atoms with Crippen LogP contribution in [0, 0.1) is 11.3 Å². The van der Waals surface area contributed by atoms with Crippen LogP contribution in [0.4, 0.5) is 5.69 Å². The van der Waals surface area contributed by atoms with Gasteiger partial charge >= 0.3 is 0 Å². The van der Waals surface area contributed by atoms with Gasteiger partial charge in [-0.15, -0.1) is 0 Å². The van der Waals surface area contributed by atoms with E-state index < -0.39 is 10.0 Å². The van der Waals surface area contributed by atoms with Crippen LogP contribution in [0.15, 0.2) is 23.1 Å². The van der Waals surface area contributed by atoms with Crippen LogP contribution < -0.4 is 10.5 Å². The Bertz CT molecular complexity index is 550. The van der Waals surface area contributed by atoms with Crippen LogP contribution in [0.2, 0.25) is 5.02 Å². The van der Waals surface area contributed by atoms with Crippen molar-refractivity contribution in [2.75, 3.05) is 12.3 Å². The van der Waals surface area contributed by atoms with Crippen molar-refractivity contribution in [3.05, 3.63) is 23.2 Å². The van der Waals surface area contributed by atoms with Gasteiger partial charge in [-0.25, -0.2) is 13.1 Å². The molecule has 19 heavy (non-hydrogen) atoms. The Hall–Kier alpha value is -0.780. The molecule has 1 unspecified atom stereocenters. The van der Waals surface area contributed by atoms with E-state index in [1.54, 1.807) is 0 Å². The lowest BCUT2D eigenvalue weighted by molar-refractivity contribution is 0.263. The van der Waals surface area contributed by atoms with E-state index in [2.05, 4.69) is 25.5 Å². The lowest BCUT2D eigenvalue weighted by atomic mass is 9.82. The fraction of sp³-hybridized carbons (Fsp3) is 0.538. The highest BCUT2D eigenvalue weighted by molar-refractivity contribution is 7.89. The van der Waals surface area contributed by atoms with Crippen molar-refractivity contribution in [1.82, 2.24) is 4.72 Å². The van der Waals surface area contributed by atoms with Gasteiger partial charge in [-0.05, 0) is 29.5 Å². The molecular weight excluding hydrogens is 284 g/mol. The zero-order valence-electron chi connectivity index (χ0n) is 11.7. The molecule has 3 N–H and O–H groups in total. The Morgan fingerprint density at radius 3 is 2.42 bits per heavy atom. The molecular formula is C13H21ClN2O2S. The summed E-state index contributed by atoms with van der Waals surface area (Å²) in [6.07, 6.45) is 0. The van der Waals surface area contributed by atoms with Gasteiger partial charge in [0.1, 0.15) is 4.90 Å². The Morgan fingerprint density at radius 2 is 1.95 bits per heavy atom. The van der Waals surface area contributed by atoms with Gasteiger partial charge in [0.25, 0.3) is 0 Å². The molecule has 0 heterocycles. The molecule has 0 aliphatic rings. The van der Waals surface area contributed by atoms with E-state index in [0.29, 0.717) is 12.2 Å². The van der Waals surface area contributed by atoms with Gasteiger partial charge in [-0.2, -0.15) is 0 Å². The summed E-state index contributed by atoms with van der Waals surface area (Å²) in [6, 6.07) is 4.37. The van der Waals surface area contributed by atoms with Gasteiger partial charge in [-0.1, -0.05) is 39.3 Å². The van der Waals surface area contributed by atoms with Crippen LogP contribution in [0.3, 0.4) is 0 Å². The van der Waals surface area contributed by atoms with Crippen LogP contribution in [0.5, 0.6) is 0 Å². The molecule has 0 radical (unpaired) electrons. The first-order valence-corrected chi connectivity index (χ1v) is 7.95. The third kappa shape index (κ3) is 4.37. The molecule has 0 aromatic heterocycles. The number of rotatable bonds is 4. The smallest absolute Gasteiger partial charge is 0.242 e. The Balaban J connectivity index is 2.88. The predicted molar refractivity (Wildman–Crippen MR) is 79.7 cm³/mol. The summed E-state index contributed by atoms with van der Waals surface area (Å²) in [5.74, 6) is 0.204. The van der Waals surface area contributed by atoms with E-state index >= 15 is 0 Å². The third-order valence-corrected chi connectivity index (χ3v) is 5.21. The molecule has 0 saturated heterocycles. The number of anilines is 1. The molecule has 1 aromatic carbocycles. The number of nitrogen functional groups attached to an aromatic ring is 1. The maximum Gasteiger partial charge on any atom is 0.242 e. The highest BCUT2D eigenvalue weighted by atomic mass is 35.5. The summed E-state index contributed by atoms with van der Waals surface area (Å²) < 4.78 is 26.9. The van der Waals surface area contributed by atoms with Crippen molar-refractivity contribution in [3.8, 4) is 0 Å². The number of hydrogen-bond donors (Lipinski definition) is 2. The van der Waals surface area contributed by atoms with E-state index in [4.69, 9.17) is 17.3 Å². The minimum absolute atomic E-state index is 0.0351. The van der Waals surface area contributed by atoms with E-state index in [1.165, 1.54) is 18.2 Å². The standard InChI is InChI=1S/C13H21ClN2O2S/c1-9(13(2,3)4)8-16-19(17,18)12-6-5-10(15)7-11(12)14/h5-7,9,16H,8,15H2,1-4H3. The van der Waals surface area contributed by atoms with Gasteiger partial charge in [-0.3, -0.25) is 0 Å². The van der Waals surface area contributed by atoms with Gasteiger partial charge in [0.15, 0.2) is 0 Å². The lowest BCUT2D eigenvalue weighted by Crippen LogP contribution is -2.33. The van der Waals surface area contributed by atoms with E-state index in [9.17, 15) is 8.42 Å². The quantitative estimate of drug-likeness (QED) is 0.840. The third-order valence-electron chi connectivity index (χ3n) is 3.30. The Morgan fingerprint density at radius 1 is 1.37 bits per heavy atom. The van der Waals surface area contributed by atoms with E-state index in [0.717, 1.165) is 0 Å². The maximum absolute atomic E-state index is 12.2. The molecule has 1 aromatic rings. The van der Waals surface area contributed by atoms with Gasteiger partial charge in [0.05, 0.1) is 5.02 Å². The average Bonchev–Trinajstić information content (AvgIpc) is 2.24. The van der Waals surface area contributed by atoms with Crippen molar-refractivity contribution in [3.63, 3.8) is 0 Å². The summed E-state index contributed by atoms with van der Waals surface area (Å²) in [4.78, 5) is 0.0597. The first-order chi connectivity index (χ1) is 8.54. The van der Waals surface area contributed by atoms with E-state index in [1.807, 2.05) is 6.92 Å². The molecule has 0 bridgehead atoms. The molecule has 0 fully saturated rings. The molecule has 6 heteroatoms. The highest BCUT2D eigenvalue weighted by Gasteiger charge is 2.23. The summed E-state index contributed by atoms with van der Waals surface area (Å²) in [5, 5.41) is 0.135. The Kier molecular flexibility index (Phi) is 4.87. The largest absolute Gasteiger partial charge is 0.399 e. The van der Waals surface area contributed by atoms with Crippen LogP contribution >= 0.6 is 11.6 Å². The monoisotopic (exact) mass is 304 g/mol. The van der Waals surface area contributed by atoms with Crippen LogP contribution in [0.1, 0.15) is 27.7 Å². The summed E-state index contributed by atoms with van der Waals surface area (Å²) in [6.45, 7) is 8.59. The van der Waals surface area contributed by atoms with Gasteiger partial charge in [0.2, 0.25) is 10.0 Å². The van der Waals surface area contributed by atoms with Crippen LogP contribution in [0.25, 0.3) is 0 Å². The SMILES string of the molecule is CC(CNS(=O)(=O)c1ccc(N)cc1Cl)C(C)(C)C. The number of benzene rings is 1. The second kappa shape index (κ2) is 5.69. The van der Waals surface area contributed by atoms with Gasteiger partial charge < -0.3 is 5.73 Å². The topological polar surface area (TPSA) is 72.2 Å². The highest BCUT2D eigenvalue weighted by Crippen LogP contribution is 2.26. The van der Waals surface area contributed by atoms with Gasteiger partial charge in [0, 0.05) is 12.2 Å². The molecule has 0 aliphatic carbocycles. The molecule has 0 amide bonds. The lowest BCUT2D eigenvalue weighted by Gasteiger charge is -2.27. The summed E-state index contributed by atoms with van der Waals surface area (Å²) in [7, 11) is -3.60. The molecule has 0 saturated carbocycles. The minimum Gasteiger partial charge on any atom is -0.399 e. The van der Waals surface area contributed by atoms with Crippen molar-refractivity contribution in [1.29, 1.82) is 0 Å². The van der Waals surface area contributed by atoms with Crippen LogP contribution in [-0.2, 0) is 10.0 Å². The molecule has 4 nitrogen and oxygen atoms in total. The van der Waals surface area contributed by atoms with Crippen molar-refractivity contribution in [2.45, 2.75) is 32.6 Å². The first kappa shape index (κ1) is 16.3. The van der Waals surface area contributed by atoms with Crippen molar-refractivity contribution >= 4 is 27.3 Å². The number of nitrogens with two attached hydrogens (primary N) is 1. The normalized spacial score (nSPS) is 14.4.